The first kappa shape index (κ1) is 15.2. The van der Waals surface area contributed by atoms with Gasteiger partial charge in [-0.25, -0.2) is 4.39 Å². The van der Waals surface area contributed by atoms with Crippen LogP contribution in [-0.2, 0) is 0 Å². The number of benzene rings is 1. The highest BCUT2D eigenvalue weighted by Gasteiger charge is 2.18. The fourth-order valence-electron chi connectivity index (χ4n) is 1.75. The van der Waals surface area contributed by atoms with E-state index < -0.39 is 5.82 Å². The molecule has 1 aromatic rings. The second kappa shape index (κ2) is 6.88. The highest BCUT2D eigenvalue weighted by molar-refractivity contribution is 9.09. The van der Waals surface area contributed by atoms with Gasteiger partial charge in [0.2, 0.25) is 0 Å². The zero-order chi connectivity index (χ0) is 13.7. The molecular formula is C14H19BrFNO. The van der Waals surface area contributed by atoms with Crippen molar-refractivity contribution < 1.29 is 9.18 Å². The number of hydrogen-bond acceptors (Lipinski definition) is 1. The third-order valence-electron chi connectivity index (χ3n) is 2.91. The topological polar surface area (TPSA) is 29.1 Å². The van der Waals surface area contributed by atoms with Crippen LogP contribution in [0.1, 0.15) is 36.2 Å². The third-order valence-corrected chi connectivity index (χ3v) is 3.37. The number of rotatable bonds is 5. The van der Waals surface area contributed by atoms with Crippen LogP contribution in [0.4, 0.5) is 4.39 Å². The molecule has 1 N–H and O–H groups in total. The van der Waals surface area contributed by atoms with E-state index in [0.717, 1.165) is 17.3 Å². The Kier molecular flexibility index (Phi) is 5.79. The zero-order valence-electron chi connectivity index (χ0n) is 11.0. The second-order valence-electron chi connectivity index (χ2n) is 4.78. The van der Waals surface area contributed by atoms with Crippen molar-refractivity contribution in [1.29, 1.82) is 0 Å². The quantitative estimate of drug-likeness (QED) is 0.825. The number of amides is 1. The normalized spacial score (nSPS) is 12.6. The van der Waals surface area contributed by atoms with Gasteiger partial charge in [0, 0.05) is 11.4 Å². The Hall–Kier alpha value is -0.900. The number of halogens is 2. The number of alkyl halides is 1. The van der Waals surface area contributed by atoms with Gasteiger partial charge in [0.25, 0.3) is 5.91 Å². The molecule has 0 heterocycles. The van der Waals surface area contributed by atoms with Crippen molar-refractivity contribution in [1.82, 2.24) is 5.32 Å². The van der Waals surface area contributed by atoms with Crippen molar-refractivity contribution in [3.8, 4) is 0 Å². The maximum atomic E-state index is 13.6. The van der Waals surface area contributed by atoms with E-state index >= 15 is 0 Å². The smallest absolute Gasteiger partial charge is 0.254 e. The molecule has 0 spiro atoms. The number of carbonyl (C=O) groups is 1. The minimum Gasteiger partial charge on any atom is -0.349 e. The molecule has 0 aromatic heterocycles. The van der Waals surface area contributed by atoms with Crippen molar-refractivity contribution in [2.75, 3.05) is 5.33 Å². The average molecular weight is 316 g/mol. The van der Waals surface area contributed by atoms with Crippen molar-refractivity contribution in [2.45, 2.75) is 33.2 Å². The number of aryl methyl sites for hydroxylation is 1. The fourth-order valence-corrected chi connectivity index (χ4v) is 2.24. The zero-order valence-corrected chi connectivity index (χ0v) is 12.6. The van der Waals surface area contributed by atoms with Crippen LogP contribution in [0.2, 0.25) is 0 Å². The van der Waals surface area contributed by atoms with E-state index in [1.54, 1.807) is 12.1 Å². The van der Waals surface area contributed by atoms with Gasteiger partial charge in [0.15, 0.2) is 0 Å². The Balaban J connectivity index is 2.83. The lowest BCUT2D eigenvalue weighted by molar-refractivity contribution is 0.0921. The summed E-state index contributed by atoms with van der Waals surface area (Å²) in [5, 5.41) is 3.70. The Morgan fingerprint density at radius 1 is 1.44 bits per heavy atom. The molecule has 100 valence electrons. The van der Waals surface area contributed by atoms with E-state index in [4.69, 9.17) is 0 Å². The van der Waals surface area contributed by atoms with Gasteiger partial charge in [-0.3, -0.25) is 4.79 Å². The fraction of sp³-hybridized carbons (Fsp3) is 0.500. The van der Waals surface area contributed by atoms with Crippen LogP contribution in [0.5, 0.6) is 0 Å². The highest BCUT2D eigenvalue weighted by atomic mass is 79.9. The standard InChI is InChI=1S/C14H19BrFNO/c1-9(2)13(6-7-15)17-14(18)11-8-10(3)4-5-12(11)16/h4-5,8-9,13H,6-7H2,1-3H3,(H,17,18). The van der Waals surface area contributed by atoms with Gasteiger partial charge in [0.05, 0.1) is 5.56 Å². The van der Waals surface area contributed by atoms with Gasteiger partial charge < -0.3 is 5.32 Å². The lowest BCUT2D eigenvalue weighted by Crippen LogP contribution is -2.39. The summed E-state index contributed by atoms with van der Waals surface area (Å²) >= 11 is 3.37. The molecular weight excluding hydrogens is 297 g/mol. The Morgan fingerprint density at radius 3 is 2.67 bits per heavy atom. The van der Waals surface area contributed by atoms with E-state index in [9.17, 15) is 9.18 Å². The monoisotopic (exact) mass is 315 g/mol. The predicted molar refractivity (Wildman–Crippen MR) is 75.6 cm³/mol. The van der Waals surface area contributed by atoms with Gasteiger partial charge in [-0.2, -0.15) is 0 Å². The van der Waals surface area contributed by atoms with Crippen molar-refractivity contribution in [2.24, 2.45) is 5.92 Å². The van der Waals surface area contributed by atoms with Gasteiger partial charge in [-0.1, -0.05) is 41.4 Å². The minimum atomic E-state index is -0.473. The molecule has 1 unspecified atom stereocenters. The van der Waals surface area contributed by atoms with E-state index in [2.05, 4.69) is 21.2 Å². The van der Waals surface area contributed by atoms with Gasteiger partial charge in [-0.15, -0.1) is 0 Å². The molecule has 1 aromatic carbocycles. The molecule has 4 heteroatoms. The molecule has 0 saturated carbocycles. The Labute approximate surface area is 116 Å². The third kappa shape index (κ3) is 4.09. The summed E-state index contributed by atoms with van der Waals surface area (Å²) in [6.45, 7) is 5.93. The SMILES string of the molecule is Cc1ccc(F)c(C(=O)NC(CCBr)C(C)C)c1. The Morgan fingerprint density at radius 2 is 2.11 bits per heavy atom. The van der Waals surface area contributed by atoms with Crippen LogP contribution >= 0.6 is 15.9 Å². The Bertz CT molecular complexity index is 420. The average Bonchev–Trinajstić information content (AvgIpc) is 2.31. The molecule has 18 heavy (non-hydrogen) atoms. The molecule has 1 atom stereocenters. The molecule has 1 rings (SSSR count). The lowest BCUT2D eigenvalue weighted by atomic mass is 10.0. The molecule has 0 aliphatic carbocycles. The van der Waals surface area contributed by atoms with Crippen molar-refractivity contribution in [3.63, 3.8) is 0 Å². The first-order chi connectivity index (χ1) is 8.45. The molecule has 1 amide bonds. The molecule has 0 fully saturated rings. The summed E-state index contributed by atoms with van der Waals surface area (Å²) in [4.78, 5) is 12.0. The molecule has 0 radical (unpaired) electrons. The van der Waals surface area contributed by atoms with Crippen molar-refractivity contribution >= 4 is 21.8 Å². The summed E-state index contributed by atoms with van der Waals surface area (Å²) in [5.41, 5.74) is 0.998. The largest absolute Gasteiger partial charge is 0.349 e. The maximum absolute atomic E-state index is 13.6. The summed E-state index contributed by atoms with van der Waals surface area (Å²) in [5.74, 6) is -0.491. The number of hydrogen-bond donors (Lipinski definition) is 1. The first-order valence-corrected chi connectivity index (χ1v) is 7.20. The molecule has 2 nitrogen and oxygen atoms in total. The summed E-state index contributed by atoms with van der Waals surface area (Å²) in [6, 6.07) is 4.62. The van der Waals surface area contributed by atoms with Crippen LogP contribution in [-0.4, -0.2) is 17.3 Å². The highest BCUT2D eigenvalue weighted by Crippen LogP contribution is 2.13. The van der Waals surface area contributed by atoms with E-state index in [1.165, 1.54) is 6.07 Å². The lowest BCUT2D eigenvalue weighted by Gasteiger charge is -2.21. The summed E-state index contributed by atoms with van der Waals surface area (Å²) in [7, 11) is 0. The summed E-state index contributed by atoms with van der Waals surface area (Å²) < 4.78 is 13.6. The van der Waals surface area contributed by atoms with E-state index in [-0.39, 0.29) is 17.5 Å². The van der Waals surface area contributed by atoms with Gasteiger partial charge >= 0.3 is 0 Å². The van der Waals surface area contributed by atoms with Crippen LogP contribution in [0.3, 0.4) is 0 Å². The van der Waals surface area contributed by atoms with Crippen LogP contribution in [0.15, 0.2) is 18.2 Å². The van der Waals surface area contributed by atoms with Crippen molar-refractivity contribution in [3.05, 3.63) is 35.1 Å². The molecule has 0 saturated heterocycles. The first-order valence-electron chi connectivity index (χ1n) is 6.08. The van der Waals surface area contributed by atoms with Crippen LogP contribution < -0.4 is 5.32 Å². The predicted octanol–water partition coefficient (Wildman–Crippen LogP) is 3.67. The van der Waals surface area contributed by atoms with E-state index in [0.29, 0.717) is 5.92 Å². The summed E-state index contributed by atoms with van der Waals surface area (Å²) in [6.07, 6.45) is 0.830. The number of carbonyl (C=O) groups excluding carboxylic acids is 1. The van der Waals surface area contributed by atoms with E-state index in [1.807, 2.05) is 20.8 Å². The van der Waals surface area contributed by atoms with Crippen LogP contribution in [0.25, 0.3) is 0 Å². The number of nitrogens with one attached hydrogen (secondary N) is 1. The molecule has 0 aliphatic heterocycles. The maximum Gasteiger partial charge on any atom is 0.254 e. The van der Waals surface area contributed by atoms with Crippen LogP contribution in [0, 0.1) is 18.7 Å². The second-order valence-corrected chi connectivity index (χ2v) is 5.58. The molecule has 0 aliphatic rings. The molecule has 0 bridgehead atoms. The van der Waals surface area contributed by atoms with Gasteiger partial charge in [-0.05, 0) is 31.4 Å². The minimum absolute atomic E-state index is 0.0526. The van der Waals surface area contributed by atoms with Gasteiger partial charge in [0.1, 0.15) is 5.82 Å².